The number of carboxylic acids is 1. The van der Waals surface area contributed by atoms with E-state index in [0.29, 0.717) is 19.4 Å². The van der Waals surface area contributed by atoms with Gasteiger partial charge in [-0.1, -0.05) is 0 Å². The lowest BCUT2D eigenvalue weighted by molar-refractivity contribution is -0.137. The Bertz CT molecular complexity index is 207. The lowest BCUT2D eigenvalue weighted by atomic mass is 10.2. The second-order valence-corrected chi connectivity index (χ2v) is 3.58. The van der Waals surface area contributed by atoms with Crippen LogP contribution in [-0.4, -0.2) is 49.1 Å². The molecule has 0 spiro atoms. The summed E-state index contributed by atoms with van der Waals surface area (Å²) in [4.78, 5) is 23.2. The Morgan fingerprint density at radius 1 is 1.20 bits per heavy atom. The molecule has 0 fully saturated rings. The molecule has 0 radical (unpaired) electrons. The van der Waals surface area contributed by atoms with Gasteiger partial charge in [-0.2, -0.15) is 0 Å². The minimum atomic E-state index is -0.747. The molecule has 1 amide bonds. The van der Waals surface area contributed by atoms with Crippen molar-refractivity contribution in [2.24, 2.45) is 0 Å². The van der Waals surface area contributed by atoms with Crippen molar-refractivity contribution >= 4 is 11.9 Å². The van der Waals surface area contributed by atoms with Crippen LogP contribution in [0, 0.1) is 0 Å². The molecule has 2 N–H and O–H groups in total. The first-order valence-electron chi connectivity index (χ1n) is 5.17. The van der Waals surface area contributed by atoms with Crippen molar-refractivity contribution < 1.29 is 14.7 Å². The van der Waals surface area contributed by atoms with E-state index in [2.05, 4.69) is 5.32 Å². The number of nitrogens with zero attached hydrogens (tertiary/aromatic N) is 1. The number of nitrogens with one attached hydrogen (secondary N) is 1. The number of rotatable bonds is 8. The van der Waals surface area contributed by atoms with Crippen molar-refractivity contribution in [1.82, 2.24) is 10.2 Å². The number of amides is 1. The average Bonchev–Trinajstić information content (AvgIpc) is 2.20. The van der Waals surface area contributed by atoms with Gasteiger partial charge in [-0.3, -0.25) is 9.59 Å². The lowest BCUT2D eigenvalue weighted by Gasteiger charge is -2.15. The molecule has 88 valence electrons. The van der Waals surface area contributed by atoms with Crippen LogP contribution in [-0.2, 0) is 9.59 Å². The highest BCUT2D eigenvalue weighted by Gasteiger charge is 2.03. The van der Waals surface area contributed by atoms with Gasteiger partial charge in [0.25, 0.3) is 0 Å². The first-order chi connectivity index (χ1) is 7.06. The fraction of sp³-hybridized carbons (Fsp3) is 0.800. The quantitative estimate of drug-likeness (QED) is 0.573. The zero-order valence-corrected chi connectivity index (χ0v) is 9.45. The molecule has 5 nitrogen and oxygen atoms in total. The van der Waals surface area contributed by atoms with Crippen molar-refractivity contribution in [3.8, 4) is 0 Å². The largest absolute Gasteiger partial charge is 0.481 e. The fourth-order valence-electron chi connectivity index (χ4n) is 1.19. The molecule has 0 heterocycles. The van der Waals surface area contributed by atoms with Gasteiger partial charge in [0.1, 0.15) is 0 Å². The Kier molecular flexibility index (Phi) is 7.62. The first-order valence-corrected chi connectivity index (χ1v) is 5.17. The minimum Gasteiger partial charge on any atom is -0.481 e. The maximum Gasteiger partial charge on any atom is 0.303 e. The van der Waals surface area contributed by atoms with Gasteiger partial charge in [0, 0.05) is 26.4 Å². The Labute approximate surface area is 90.5 Å². The van der Waals surface area contributed by atoms with Crippen LogP contribution in [0.25, 0.3) is 0 Å². The summed E-state index contributed by atoms with van der Waals surface area (Å²) in [5, 5.41) is 11.0. The summed E-state index contributed by atoms with van der Waals surface area (Å²) in [6.45, 7) is 1.55. The average molecular weight is 216 g/mol. The summed E-state index contributed by atoms with van der Waals surface area (Å²) in [5.74, 6) is -0.713. The van der Waals surface area contributed by atoms with Gasteiger partial charge in [0.05, 0.1) is 0 Å². The molecule has 0 aliphatic rings. The lowest BCUT2D eigenvalue weighted by Crippen LogP contribution is -2.27. The van der Waals surface area contributed by atoms with Crippen LogP contribution in [0.4, 0.5) is 0 Å². The molecule has 0 unspecified atom stereocenters. The predicted molar refractivity (Wildman–Crippen MR) is 57.7 cm³/mol. The molecule has 0 bridgehead atoms. The SMILES string of the molecule is CNC(=O)CCN(C)CCCCC(=O)O. The van der Waals surface area contributed by atoms with Crippen LogP contribution in [0.3, 0.4) is 0 Å². The van der Waals surface area contributed by atoms with Crippen molar-refractivity contribution in [1.29, 1.82) is 0 Å². The van der Waals surface area contributed by atoms with Crippen LogP contribution < -0.4 is 5.32 Å². The van der Waals surface area contributed by atoms with Gasteiger partial charge in [-0.25, -0.2) is 0 Å². The Balaban J connectivity index is 3.37. The van der Waals surface area contributed by atoms with E-state index < -0.39 is 5.97 Å². The number of carbonyl (C=O) groups excluding carboxylic acids is 1. The Hall–Kier alpha value is -1.10. The number of aliphatic carboxylic acids is 1. The number of carboxylic acid groups (broad SMARTS) is 1. The molecule has 5 heteroatoms. The highest BCUT2D eigenvalue weighted by atomic mass is 16.4. The molecule has 0 aromatic carbocycles. The molecule has 0 atom stereocenters. The highest BCUT2D eigenvalue weighted by molar-refractivity contribution is 5.75. The van der Waals surface area contributed by atoms with E-state index in [-0.39, 0.29) is 12.3 Å². The smallest absolute Gasteiger partial charge is 0.303 e. The zero-order chi connectivity index (χ0) is 11.7. The first kappa shape index (κ1) is 13.9. The predicted octanol–water partition coefficient (Wildman–Crippen LogP) is 0.309. The summed E-state index contributed by atoms with van der Waals surface area (Å²) in [6, 6.07) is 0. The Morgan fingerprint density at radius 3 is 2.40 bits per heavy atom. The third-order valence-corrected chi connectivity index (χ3v) is 2.18. The van der Waals surface area contributed by atoms with Gasteiger partial charge in [0.15, 0.2) is 0 Å². The molecule has 0 aromatic heterocycles. The van der Waals surface area contributed by atoms with E-state index >= 15 is 0 Å². The van der Waals surface area contributed by atoms with E-state index in [0.717, 1.165) is 13.0 Å². The third-order valence-electron chi connectivity index (χ3n) is 2.18. The molecule has 0 aromatic rings. The van der Waals surface area contributed by atoms with E-state index in [1.54, 1.807) is 7.05 Å². The minimum absolute atomic E-state index is 0.0346. The third kappa shape index (κ3) is 9.21. The monoisotopic (exact) mass is 216 g/mol. The van der Waals surface area contributed by atoms with E-state index in [4.69, 9.17) is 5.11 Å². The van der Waals surface area contributed by atoms with Crippen LogP contribution in [0.1, 0.15) is 25.7 Å². The van der Waals surface area contributed by atoms with Crippen LogP contribution >= 0.6 is 0 Å². The normalized spacial score (nSPS) is 10.3. The Morgan fingerprint density at radius 2 is 1.87 bits per heavy atom. The van der Waals surface area contributed by atoms with Crippen molar-refractivity contribution in [3.63, 3.8) is 0 Å². The summed E-state index contributed by atoms with van der Waals surface area (Å²) in [7, 11) is 3.55. The maximum absolute atomic E-state index is 10.9. The second-order valence-electron chi connectivity index (χ2n) is 3.58. The summed E-state index contributed by atoms with van der Waals surface area (Å²) in [6.07, 6.45) is 2.27. The number of hydrogen-bond donors (Lipinski definition) is 2. The van der Waals surface area contributed by atoms with Crippen LogP contribution in [0.15, 0.2) is 0 Å². The van der Waals surface area contributed by atoms with Gasteiger partial charge >= 0.3 is 5.97 Å². The molecule has 0 aliphatic heterocycles. The molecule has 15 heavy (non-hydrogen) atoms. The molecule has 0 rings (SSSR count). The molecular formula is C10H20N2O3. The van der Waals surface area contributed by atoms with Gasteiger partial charge in [-0.05, 0) is 26.4 Å². The van der Waals surface area contributed by atoms with Crippen molar-refractivity contribution in [2.45, 2.75) is 25.7 Å². The highest BCUT2D eigenvalue weighted by Crippen LogP contribution is 1.98. The molecule has 0 aliphatic carbocycles. The fourth-order valence-corrected chi connectivity index (χ4v) is 1.19. The van der Waals surface area contributed by atoms with Crippen LogP contribution in [0.5, 0.6) is 0 Å². The van der Waals surface area contributed by atoms with Gasteiger partial charge in [-0.15, -0.1) is 0 Å². The zero-order valence-electron chi connectivity index (χ0n) is 9.45. The molecular weight excluding hydrogens is 196 g/mol. The maximum atomic E-state index is 10.9. The van der Waals surface area contributed by atoms with Crippen molar-refractivity contribution in [2.75, 3.05) is 27.2 Å². The van der Waals surface area contributed by atoms with E-state index in [1.807, 2.05) is 11.9 Å². The second kappa shape index (κ2) is 8.23. The van der Waals surface area contributed by atoms with E-state index in [1.165, 1.54) is 0 Å². The number of unbranched alkanes of at least 4 members (excludes halogenated alkanes) is 1. The van der Waals surface area contributed by atoms with Gasteiger partial charge < -0.3 is 15.3 Å². The van der Waals surface area contributed by atoms with Crippen LogP contribution in [0.2, 0.25) is 0 Å². The summed E-state index contributed by atoms with van der Waals surface area (Å²) in [5.41, 5.74) is 0. The standard InChI is InChI=1S/C10H20N2O3/c1-11-9(13)6-8-12(2)7-4-3-5-10(14)15/h3-8H2,1-2H3,(H,11,13)(H,14,15). The van der Waals surface area contributed by atoms with E-state index in [9.17, 15) is 9.59 Å². The van der Waals surface area contributed by atoms with Gasteiger partial charge in [0.2, 0.25) is 5.91 Å². The van der Waals surface area contributed by atoms with Crippen molar-refractivity contribution in [3.05, 3.63) is 0 Å². The number of hydrogen-bond acceptors (Lipinski definition) is 3. The summed E-state index contributed by atoms with van der Waals surface area (Å²) < 4.78 is 0. The number of carbonyl (C=O) groups is 2. The molecule has 0 saturated heterocycles. The summed E-state index contributed by atoms with van der Waals surface area (Å²) >= 11 is 0. The topological polar surface area (TPSA) is 69.6 Å². The molecule has 0 saturated carbocycles.